The van der Waals surface area contributed by atoms with Crippen LogP contribution in [0.4, 0.5) is 5.69 Å². The SMILES string of the molecule is CC(=O)Nc1cccc(-c2cccc(C(=O)N[C@@H](C(=O)N3CCC(c4ccc(Cl)cc4)CC3)C(C)C)c2)c1. The van der Waals surface area contributed by atoms with Gasteiger partial charge in [-0.2, -0.15) is 0 Å². The number of halogens is 1. The summed E-state index contributed by atoms with van der Waals surface area (Å²) in [5, 5.41) is 6.50. The fourth-order valence-electron chi connectivity index (χ4n) is 4.92. The molecule has 0 radical (unpaired) electrons. The van der Waals surface area contributed by atoms with E-state index < -0.39 is 6.04 Å². The Kier molecular flexibility index (Phi) is 8.85. The van der Waals surface area contributed by atoms with Crippen LogP contribution < -0.4 is 10.6 Å². The van der Waals surface area contributed by atoms with Crippen molar-refractivity contribution in [1.82, 2.24) is 10.2 Å². The molecule has 3 aromatic rings. The zero-order chi connectivity index (χ0) is 27.2. The first-order valence-corrected chi connectivity index (χ1v) is 13.4. The number of amides is 3. The summed E-state index contributed by atoms with van der Waals surface area (Å²) in [5.41, 5.74) is 4.15. The highest BCUT2D eigenvalue weighted by Crippen LogP contribution is 2.29. The number of likely N-dealkylation sites (tertiary alicyclic amines) is 1. The van der Waals surface area contributed by atoms with Crippen LogP contribution in [0.1, 0.15) is 55.5 Å². The lowest BCUT2D eigenvalue weighted by atomic mass is 9.89. The zero-order valence-corrected chi connectivity index (χ0v) is 22.8. The van der Waals surface area contributed by atoms with E-state index in [9.17, 15) is 14.4 Å². The van der Waals surface area contributed by atoms with E-state index in [1.54, 1.807) is 6.07 Å². The summed E-state index contributed by atoms with van der Waals surface area (Å²) >= 11 is 6.03. The van der Waals surface area contributed by atoms with Crippen molar-refractivity contribution in [2.45, 2.75) is 45.6 Å². The molecule has 3 amide bonds. The highest BCUT2D eigenvalue weighted by molar-refractivity contribution is 6.30. The Morgan fingerprint density at radius 1 is 0.895 bits per heavy atom. The minimum Gasteiger partial charge on any atom is -0.341 e. The average Bonchev–Trinajstić information content (AvgIpc) is 2.91. The van der Waals surface area contributed by atoms with Crippen LogP contribution >= 0.6 is 11.6 Å². The van der Waals surface area contributed by atoms with E-state index in [1.165, 1.54) is 12.5 Å². The van der Waals surface area contributed by atoms with Crippen LogP contribution in [-0.2, 0) is 9.59 Å². The van der Waals surface area contributed by atoms with Gasteiger partial charge in [0.05, 0.1) is 0 Å². The lowest BCUT2D eigenvalue weighted by Gasteiger charge is -2.35. The summed E-state index contributed by atoms with van der Waals surface area (Å²) in [6, 6.07) is 22.1. The summed E-state index contributed by atoms with van der Waals surface area (Å²) in [5.74, 6) is -0.128. The van der Waals surface area contributed by atoms with Gasteiger partial charge in [0.2, 0.25) is 11.8 Å². The van der Waals surface area contributed by atoms with Gasteiger partial charge in [0.25, 0.3) is 5.91 Å². The molecule has 1 atom stereocenters. The normalized spacial score (nSPS) is 14.7. The molecule has 4 rings (SSSR count). The minimum atomic E-state index is -0.610. The lowest BCUT2D eigenvalue weighted by Crippen LogP contribution is -2.52. The van der Waals surface area contributed by atoms with E-state index in [0.717, 1.165) is 29.0 Å². The Morgan fingerprint density at radius 3 is 2.16 bits per heavy atom. The van der Waals surface area contributed by atoms with Gasteiger partial charge in [-0.15, -0.1) is 0 Å². The van der Waals surface area contributed by atoms with Crippen LogP contribution in [0.3, 0.4) is 0 Å². The molecule has 0 aromatic heterocycles. The molecule has 1 aliphatic rings. The monoisotopic (exact) mass is 531 g/mol. The van der Waals surface area contributed by atoms with Gasteiger partial charge in [-0.05, 0) is 77.8 Å². The van der Waals surface area contributed by atoms with Crippen molar-refractivity contribution in [3.8, 4) is 11.1 Å². The summed E-state index contributed by atoms with van der Waals surface area (Å²) in [6.45, 7) is 6.68. The van der Waals surface area contributed by atoms with E-state index in [0.29, 0.717) is 30.3 Å². The second-order valence-corrected chi connectivity index (χ2v) is 10.6. The maximum absolute atomic E-state index is 13.5. The number of hydrogen-bond acceptors (Lipinski definition) is 3. The number of hydrogen-bond donors (Lipinski definition) is 2. The standard InChI is InChI=1S/C31H34ClN3O3/c1-20(2)29(31(38)35-16-14-23(15-17-35)22-10-12-27(32)13-11-22)34-30(37)26-8-4-6-24(18-26)25-7-5-9-28(19-25)33-21(3)36/h4-13,18-20,23,29H,14-17H2,1-3H3,(H,33,36)(H,34,37)/t29-/m1/s1. The fraction of sp³-hybridized carbons (Fsp3) is 0.323. The quantitative estimate of drug-likeness (QED) is 0.385. The molecule has 3 aromatic carbocycles. The number of benzene rings is 3. The lowest BCUT2D eigenvalue weighted by molar-refractivity contribution is -0.135. The van der Waals surface area contributed by atoms with E-state index in [2.05, 4.69) is 22.8 Å². The Balaban J connectivity index is 1.42. The van der Waals surface area contributed by atoms with Gasteiger partial charge in [-0.25, -0.2) is 0 Å². The first kappa shape index (κ1) is 27.4. The molecule has 38 heavy (non-hydrogen) atoms. The van der Waals surface area contributed by atoms with Gasteiger partial charge in [0.1, 0.15) is 6.04 Å². The molecule has 0 aliphatic carbocycles. The van der Waals surface area contributed by atoms with Crippen molar-refractivity contribution in [2.24, 2.45) is 5.92 Å². The van der Waals surface area contributed by atoms with Gasteiger partial charge >= 0.3 is 0 Å². The summed E-state index contributed by atoms with van der Waals surface area (Å²) in [6.07, 6.45) is 1.76. The third kappa shape index (κ3) is 6.81. The van der Waals surface area contributed by atoms with E-state index in [-0.39, 0.29) is 23.6 Å². The van der Waals surface area contributed by atoms with Crippen LogP contribution in [0, 0.1) is 5.92 Å². The van der Waals surface area contributed by atoms with Gasteiger partial charge in [-0.1, -0.05) is 61.8 Å². The third-order valence-corrected chi connectivity index (χ3v) is 7.26. The highest BCUT2D eigenvalue weighted by Gasteiger charge is 2.31. The fourth-order valence-corrected chi connectivity index (χ4v) is 5.05. The molecule has 1 saturated heterocycles. The molecular formula is C31H34ClN3O3. The van der Waals surface area contributed by atoms with Gasteiger partial charge in [-0.3, -0.25) is 14.4 Å². The van der Waals surface area contributed by atoms with Crippen LogP contribution in [0.15, 0.2) is 72.8 Å². The zero-order valence-electron chi connectivity index (χ0n) is 22.0. The van der Waals surface area contributed by atoms with Gasteiger partial charge < -0.3 is 15.5 Å². The molecule has 198 valence electrons. The number of rotatable bonds is 7. The first-order valence-electron chi connectivity index (χ1n) is 13.0. The molecule has 1 aliphatic heterocycles. The summed E-state index contributed by atoms with van der Waals surface area (Å²) < 4.78 is 0. The van der Waals surface area contributed by atoms with Crippen molar-refractivity contribution in [3.05, 3.63) is 88.9 Å². The van der Waals surface area contributed by atoms with Crippen molar-refractivity contribution < 1.29 is 14.4 Å². The smallest absolute Gasteiger partial charge is 0.251 e. The van der Waals surface area contributed by atoms with Crippen LogP contribution in [0.5, 0.6) is 0 Å². The first-order chi connectivity index (χ1) is 18.2. The van der Waals surface area contributed by atoms with Crippen molar-refractivity contribution in [3.63, 3.8) is 0 Å². The molecule has 7 heteroatoms. The van der Waals surface area contributed by atoms with Crippen molar-refractivity contribution >= 4 is 35.0 Å². The topological polar surface area (TPSA) is 78.5 Å². The molecule has 1 fully saturated rings. The molecule has 0 spiro atoms. The predicted molar refractivity (Wildman–Crippen MR) is 152 cm³/mol. The number of carbonyl (C=O) groups is 3. The molecule has 0 saturated carbocycles. The van der Waals surface area contributed by atoms with Crippen molar-refractivity contribution in [2.75, 3.05) is 18.4 Å². The van der Waals surface area contributed by atoms with E-state index in [1.807, 2.05) is 73.3 Å². The second-order valence-electron chi connectivity index (χ2n) is 10.2. The van der Waals surface area contributed by atoms with E-state index >= 15 is 0 Å². The number of anilines is 1. The molecule has 1 heterocycles. The Morgan fingerprint density at radius 2 is 1.53 bits per heavy atom. The number of piperidine rings is 1. The molecule has 0 unspecified atom stereocenters. The van der Waals surface area contributed by atoms with Crippen LogP contribution in [-0.4, -0.2) is 41.8 Å². The predicted octanol–water partition coefficient (Wildman–Crippen LogP) is 6.13. The maximum atomic E-state index is 13.5. The molecule has 6 nitrogen and oxygen atoms in total. The highest BCUT2D eigenvalue weighted by atomic mass is 35.5. The second kappa shape index (κ2) is 12.3. The molecule has 2 N–H and O–H groups in total. The number of nitrogens with zero attached hydrogens (tertiary/aromatic N) is 1. The summed E-state index contributed by atoms with van der Waals surface area (Å²) in [7, 11) is 0. The largest absolute Gasteiger partial charge is 0.341 e. The minimum absolute atomic E-state index is 0.0398. The number of nitrogens with one attached hydrogen (secondary N) is 2. The maximum Gasteiger partial charge on any atom is 0.251 e. The molecular weight excluding hydrogens is 498 g/mol. The van der Waals surface area contributed by atoms with Crippen molar-refractivity contribution in [1.29, 1.82) is 0 Å². The molecule has 0 bridgehead atoms. The Labute approximate surface area is 229 Å². The average molecular weight is 532 g/mol. The van der Waals surface area contributed by atoms with Crippen LogP contribution in [0.25, 0.3) is 11.1 Å². The number of carbonyl (C=O) groups excluding carboxylic acids is 3. The van der Waals surface area contributed by atoms with Gasteiger partial charge in [0, 0.05) is 36.3 Å². The van der Waals surface area contributed by atoms with E-state index in [4.69, 9.17) is 11.6 Å². The Bertz CT molecular complexity index is 1300. The summed E-state index contributed by atoms with van der Waals surface area (Å²) in [4.78, 5) is 40.0. The Hall–Kier alpha value is -3.64. The third-order valence-electron chi connectivity index (χ3n) is 7.01. The van der Waals surface area contributed by atoms with Crippen LogP contribution in [0.2, 0.25) is 5.02 Å². The van der Waals surface area contributed by atoms with Gasteiger partial charge in [0.15, 0.2) is 0 Å².